The van der Waals surface area contributed by atoms with Crippen molar-refractivity contribution in [2.75, 3.05) is 78.8 Å². The van der Waals surface area contributed by atoms with E-state index in [1.807, 2.05) is 25.2 Å². The number of aromatic amines is 1. The van der Waals surface area contributed by atoms with Crippen LogP contribution in [0.15, 0.2) is 54.0 Å². The van der Waals surface area contributed by atoms with E-state index in [1.54, 1.807) is 13.1 Å². The highest BCUT2D eigenvalue weighted by Gasteiger charge is 2.30. The summed E-state index contributed by atoms with van der Waals surface area (Å²) < 4.78 is 8.53. The molecule has 0 bridgehead atoms. The second-order valence-corrected chi connectivity index (χ2v) is 15.8. The summed E-state index contributed by atoms with van der Waals surface area (Å²) in [5.74, 6) is 3.13. The van der Waals surface area contributed by atoms with Gasteiger partial charge in [0, 0.05) is 57.9 Å². The first-order valence-electron chi connectivity index (χ1n) is 21.0. The van der Waals surface area contributed by atoms with Gasteiger partial charge in [0.25, 0.3) is 5.56 Å². The zero-order chi connectivity index (χ0) is 46.6. The van der Waals surface area contributed by atoms with E-state index in [2.05, 4.69) is 71.1 Å². The third-order valence-electron chi connectivity index (χ3n) is 11.0. The summed E-state index contributed by atoms with van der Waals surface area (Å²) in [6.45, 7) is 1.60. The molecule has 3 amide bonds. The van der Waals surface area contributed by atoms with E-state index in [1.165, 1.54) is 32.3 Å². The van der Waals surface area contributed by atoms with Crippen LogP contribution in [0.2, 0.25) is 0 Å². The molecule has 0 aliphatic carbocycles. The van der Waals surface area contributed by atoms with E-state index in [0.29, 0.717) is 22.8 Å². The Labute approximate surface area is 373 Å². The van der Waals surface area contributed by atoms with Crippen molar-refractivity contribution in [3.05, 3.63) is 76.5 Å². The number of imidazole rings is 1. The van der Waals surface area contributed by atoms with Crippen molar-refractivity contribution in [3.8, 4) is 11.8 Å². The van der Waals surface area contributed by atoms with Crippen molar-refractivity contribution in [3.63, 3.8) is 0 Å². The first kappa shape index (κ1) is 47.3. The third-order valence-corrected chi connectivity index (χ3v) is 11.0. The fourth-order valence-electron chi connectivity index (χ4n) is 7.61. The minimum Gasteiger partial charge on any atom is -0.480 e. The van der Waals surface area contributed by atoms with Crippen molar-refractivity contribution >= 4 is 57.7 Å². The molecule has 5 heterocycles. The number of likely N-dealkylation sites (N-methyl/N-ethyl adjacent to an activating group) is 2. The van der Waals surface area contributed by atoms with Gasteiger partial charge in [-0.2, -0.15) is 0 Å². The van der Waals surface area contributed by atoms with Gasteiger partial charge in [0.1, 0.15) is 49.9 Å². The Kier molecular flexibility index (Phi) is 15.9. The number of nitrogens with one attached hydrogen (secondary N) is 2. The molecule has 344 valence electrons. The molecule has 0 radical (unpaired) electrons. The highest BCUT2D eigenvalue weighted by atomic mass is 16.5. The van der Waals surface area contributed by atoms with Gasteiger partial charge >= 0.3 is 11.9 Å². The number of carboxylic acids is 1. The highest BCUT2D eigenvalue weighted by molar-refractivity contribution is 5.93. The first-order valence-corrected chi connectivity index (χ1v) is 21.0. The van der Waals surface area contributed by atoms with Crippen molar-refractivity contribution < 1.29 is 33.8 Å². The van der Waals surface area contributed by atoms with Crippen molar-refractivity contribution in [2.45, 2.75) is 51.4 Å². The first-order chi connectivity index (χ1) is 31.2. The summed E-state index contributed by atoms with van der Waals surface area (Å²) in [7, 11) is 4.14. The largest absolute Gasteiger partial charge is 0.480 e. The number of fused-ring (bicyclic) bond motifs is 2. The van der Waals surface area contributed by atoms with Crippen molar-refractivity contribution in [1.29, 1.82) is 0 Å². The summed E-state index contributed by atoms with van der Waals surface area (Å²) in [5.41, 5.74) is 13.7. The number of ether oxygens (including phenoxy) is 1. The van der Waals surface area contributed by atoms with Crippen LogP contribution in [0.3, 0.4) is 0 Å². The van der Waals surface area contributed by atoms with Crippen molar-refractivity contribution in [1.82, 2.24) is 59.0 Å². The van der Waals surface area contributed by atoms with Gasteiger partial charge in [-0.1, -0.05) is 42.2 Å². The van der Waals surface area contributed by atoms with Crippen LogP contribution in [0, 0.1) is 18.8 Å². The number of aliphatic carboxylic acids is 1. The predicted molar refractivity (Wildman–Crippen MR) is 238 cm³/mol. The Morgan fingerprint density at radius 1 is 0.954 bits per heavy atom. The SMILES string of the molecule is Cc1nc2c(ncn2CC(=O)N(CCN)CC(=O)NCCN(CC(=O)O)C(=O)Cn2cc(C#CCCC(=O)OCC3CN(C)C(Cc4ccccc4)CN3C)c3c(N)ncnc32)c(=O)[nH]1. The maximum atomic E-state index is 13.6. The number of carboxylic acid groups (broad SMARTS) is 1. The number of rotatable bonds is 19. The zero-order valence-electron chi connectivity index (χ0n) is 36.6. The van der Waals surface area contributed by atoms with Crippen LogP contribution in [0.4, 0.5) is 5.82 Å². The normalized spacial score (nSPS) is 15.3. The van der Waals surface area contributed by atoms with Crippen LogP contribution in [0.1, 0.15) is 29.8 Å². The van der Waals surface area contributed by atoms with E-state index in [-0.39, 0.29) is 99.9 Å². The number of nitrogens with two attached hydrogens (primary N) is 2. The number of benzene rings is 1. The van der Waals surface area contributed by atoms with Gasteiger partial charge in [-0.15, -0.1) is 0 Å². The fourth-order valence-corrected chi connectivity index (χ4v) is 7.61. The predicted octanol–water partition coefficient (Wildman–Crippen LogP) is -1.20. The number of aryl methyl sites for hydroxylation is 1. The molecule has 0 spiro atoms. The van der Waals surface area contributed by atoms with E-state index < -0.39 is 35.8 Å². The number of aromatic nitrogens is 7. The van der Waals surface area contributed by atoms with Crippen LogP contribution in [0.25, 0.3) is 22.2 Å². The van der Waals surface area contributed by atoms with Crippen LogP contribution in [-0.2, 0) is 48.2 Å². The average Bonchev–Trinajstić information content (AvgIpc) is 3.83. The molecule has 1 saturated heterocycles. The van der Waals surface area contributed by atoms with Gasteiger partial charge in [0.05, 0.1) is 36.3 Å². The third kappa shape index (κ3) is 12.5. The Morgan fingerprint density at radius 3 is 2.40 bits per heavy atom. The number of hydrogen-bond donors (Lipinski definition) is 5. The summed E-state index contributed by atoms with van der Waals surface area (Å²) in [6, 6.07) is 10.8. The summed E-state index contributed by atoms with van der Waals surface area (Å²) in [5, 5.41) is 12.7. The molecule has 1 aliphatic heterocycles. The molecule has 0 saturated carbocycles. The van der Waals surface area contributed by atoms with E-state index in [4.69, 9.17) is 16.2 Å². The van der Waals surface area contributed by atoms with Gasteiger partial charge in [-0.3, -0.25) is 33.7 Å². The van der Waals surface area contributed by atoms with Gasteiger partial charge < -0.3 is 55.4 Å². The minimum absolute atomic E-state index is 0.0423. The number of esters is 1. The maximum Gasteiger partial charge on any atom is 0.323 e. The van der Waals surface area contributed by atoms with Crippen molar-refractivity contribution in [2.24, 2.45) is 5.73 Å². The Bertz CT molecular complexity index is 2630. The second kappa shape index (κ2) is 21.9. The van der Waals surface area contributed by atoms with Crippen LogP contribution in [0.5, 0.6) is 0 Å². The minimum atomic E-state index is -1.28. The fraction of sp³-hybridized carbons (Fsp3) is 0.442. The Morgan fingerprint density at radius 2 is 1.66 bits per heavy atom. The standard InChI is InChI=1S/C43H54N14O8/c1-28-50-42-39(43(64)51-28)49-27-57(42)23-35(60)54(15-13-44)21-33(58)46-14-16-55(24-36(61)62)34(59)22-56-18-30(38-40(45)47-26-48-41(38)56)11-7-8-12-37(63)65-25-32-20-52(2)31(19-53(32)3)17-29-9-5-4-6-10-29/h4-6,9-10,18,26-27,31-32H,8,12-17,19-25,44H2,1-3H3,(H,46,58)(H,61,62)(H2,45,47,48)(H,50,51,64). The number of nitrogens with zero attached hydrogens (tertiary/aromatic N) is 10. The average molecular weight is 895 g/mol. The highest BCUT2D eigenvalue weighted by Crippen LogP contribution is 2.24. The number of amides is 3. The Hall–Kier alpha value is -7.22. The number of nitrogen functional groups attached to an aromatic ring is 1. The lowest BCUT2D eigenvalue weighted by Crippen LogP contribution is -2.57. The van der Waals surface area contributed by atoms with Crippen LogP contribution < -0.4 is 22.3 Å². The molecule has 4 aromatic heterocycles. The number of carbonyl (C=O) groups excluding carboxylic acids is 4. The maximum absolute atomic E-state index is 13.6. The lowest BCUT2D eigenvalue weighted by molar-refractivity contribution is -0.146. The molecule has 1 fully saturated rings. The molecule has 1 aliphatic rings. The van der Waals surface area contributed by atoms with Crippen LogP contribution >= 0.6 is 0 Å². The molecular weight excluding hydrogens is 841 g/mol. The van der Waals surface area contributed by atoms with Gasteiger partial charge in [0.2, 0.25) is 17.7 Å². The molecular formula is C43H54N14O8. The number of anilines is 1. The Balaban J connectivity index is 1.00. The molecule has 2 atom stereocenters. The molecule has 5 aromatic rings. The topological polar surface area (TPSA) is 286 Å². The summed E-state index contributed by atoms with van der Waals surface area (Å²) >= 11 is 0. The number of H-pyrrole nitrogens is 1. The molecule has 22 nitrogen and oxygen atoms in total. The molecule has 1 aromatic carbocycles. The number of hydrogen-bond acceptors (Lipinski definition) is 15. The molecule has 22 heteroatoms. The number of piperazine rings is 1. The van der Waals surface area contributed by atoms with Gasteiger partial charge in [-0.05, 0) is 33.0 Å². The zero-order valence-corrected chi connectivity index (χ0v) is 36.6. The van der Waals surface area contributed by atoms with Gasteiger partial charge in [0.15, 0.2) is 11.2 Å². The summed E-state index contributed by atoms with van der Waals surface area (Å²) in [6.07, 6.45) is 5.29. The quantitative estimate of drug-likeness (QED) is 0.0481. The van der Waals surface area contributed by atoms with Crippen LogP contribution in [-0.4, -0.2) is 174 Å². The summed E-state index contributed by atoms with van der Waals surface area (Å²) in [4.78, 5) is 103. The molecule has 65 heavy (non-hydrogen) atoms. The lowest BCUT2D eigenvalue weighted by atomic mass is 10.0. The number of carbonyl (C=O) groups is 5. The lowest BCUT2D eigenvalue weighted by Gasteiger charge is -2.43. The molecule has 7 N–H and O–H groups in total. The smallest absolute Gasteiger partial charge is 0.323 e. The molecule has 6 rings (SSSR count). The second-order valence-electron chi connectivity index (χ2n) is 15.8. The van der Waals surface area contributed by atoms with E-state index in [9.17, 15) is 33.9 Å². The monoisotopic (exact) mass is 894 g/mol. The van der Waals surface area contributed by atoms with E-state index in [0.717, 1.165) is 24.4 Å². The van der Waals surface area contributed by atoms with Gasteiger partial charge in [-0.25, -0.2) is 19.9 Å². The molecule has 2 unspecified atom stereocenters. The van der Waals surface area contributed by atoms with E-state index >= 15 is 0 Å².